The highest BCUT2D eigenvalue weighted by Crippen LogP contribution is 2.25. The molecule has 0 spiro atoms. The Hall–Kier alpha value is -4.15. The van der Waals surface area contributed by atoms with Gasteiger partial charge in [-0.15, -0.1) is 0 Å². The van der Waals surface area contributed by atoms with Crippen LogP contribution in [0.25, 0.3) is 0 Å². The van der Waals surface area contributed by atoms with E-state index in [0.717, 1.165) is 11.4 Å². The Labute approximate surface area is 208 Å². The molecule has 0 radical (unpaired) electrons. The van der Waals surface area contributed by atoms with Crippen molar-refractivity contribution in [2.24, 2.45) is 0 Å². The van der Waals surface area contributed by atoms with Crippen LogP contribution in [0.3, 0.4) is 0 Å². The van der Waals surface area contributed by atoms with E-state index < -0.39 is 22.8 Å². The first-order valence-electron chi connectivity index (χ1n) is 11.8. The molecule has 4 rings (SSSR count). The summed E-state index contributed by atoms with van der Waals surface area (Å²) < 4.78 is 5.20. The molecule has 3 amide bonds. The Morgan fingerprint density at radius 1 is 1.08 bits per heavy atom. The van der Waals surface area contributed by atoms with E-state index in [1.165, 1.54) is 30.0 Å². The van der Waals surface area contributed by atoms with Gasteiger partial charge in [0.2, 0.25) is 11.8 Å². The number of methoxy groups -OCH3 is 1. The van der Waals surface area contributed by atoms with Crippen molar-refractivity contribution in [2.45, 2.75) is 19.4 Å². The molecular weight excluding hydrogens is 466 g/mol. The van der Waals surface area contributed by atoms with Crippen LogP contribution in [-0.4, -0.2) is 84.9 Å². The summed E-state index contributed by atoms with van der Waals surface area (Å²) in [6.07, 6.45) is -0.145. The van der Waals surface area contributed by atoms with Gasteiger partial charge in [-0.1, -0.05) is 6.07 Å². The number of hydrogen-bond acceptors (Lipinski definition) is 7. The highest BCUT2D eigenvalue weighted by molar-refractivity contribution is 6.01. The van der Waals surface area contributed by atoms with Crippen LogP contribution in [0.4, 0.5) is 11.4 Å². The molecule has 0 unspecified atom stereocenters. The van der Waals surface area contributed by atoms with Gasteiger partial charge in [0.25, 0.3) is 11.6 Å². The first-order chi connectivity index (χ1) is 17.3. The predicted molar refractivity (Wildman–Crippen MR) is 132 cm³/mol. The Balaban J connectivity index is 1.43. The minimum Gasteiger partial charge on any atom is -0.497 e. The number of anilines is 1. The first-order valence-corrected chi connectivity index (χ1v) is 11.8. The molecule has 2 aromatic rings. The van der Waals surface area contributed by atoms with Crippen molar-refractivity contribution >= 4 is 29.1 Å². The standard InChI is InChI=1S/C25H29N5O6/c1-17-20(4-3-5-21(17)30(34)35)25(33)29-11-10-26-24(32)22(29)16-23(31)28-14-12-27(13-15-28)18-6-8-19(36-2)9-7-18/h3-9,22H,10-16H2,1-2H3,(H,26,32)/t22-/m0/s1. The second-order valence-corrected chi connectivity index (χ2v) is 8.78. The second-order valence-electron chi connectivity index (χ2n) is 8.78. The summed E-state index contributed by atoms with van der Waals surface area (Å²) in [4.78, 5) is 55.2. The fraction of sp³-hybridized carbons (Fsp3) is 0.400. The zero-order valence-corrected chi connectivity index (χ0v) is 20.3. The van der Waals surface area contributed by atoms with Gasteiger partial charge in [0, 0.05) is 62.1 Å². The maximum absolute atomic E-state index is 13.3. The van der Waals surface area contributed by atoms with Crippen LogP contribution < -0.4 is 15.0 Å². The minimum atomic E-state index is -0.975. The number of nitro groups is 1. The lowest BCUT2D eigenvalue weighted by molar-refractivity contribution is -0.385. The molecule has 2 saturated heterocycles. The molecule has 36 heavy (non-hydrogen) atoms. The molecule has 1 atom stereocenters. The van der Waals surface area contributed by atoms with Crippen molar-refractivity contribution in [3.05, 3.63) is 63.7 Å². The molecule has 0 bridgehead atoms. The van der Waals surface area contributed by atoms with Gasteiger partial charge in [-0.3, -0.25) is 24.5 Å². The molecule has 2 aliphatic heterocycles. The van der Waals surface area contributed by atoms with Crippen LogP contribution in [-0.2, 0) is 9.59 Å². The molecule has 11 heteroatoms. The molecule has 2 aromatic carbocycles. The quantitative estimate of drug-likeness (QED) is 0.477. The van der Waals surface area contributed by atoms with Crippen molar-refractivity contribution in [3.63, 3.8) is 0 Å². The molecule has 2 aliphatic rings. The molecule has 0 saturated carbocycles. The summed E-state index contributed by atoms with van der Waals surface area (Å²) in [5.74, 6) is -0.325. The Kier molecular flexibility index (Phi) is 7.37. The zero-order chi connectivity index (χ0) is 25.8. The monoisotopic (exact) mass is 495 g/mol. The fourth-order valence-corrected chi connectivity index (χ4v) is 4.67. The van der Waals surface area contributed by atoms with Crippen LogP contribution in [0.15, 0.2) is 42.5 Å². The van der Waals surface area contributed by atoms with E-state index in [0.29, 0.717) is 26.2 Å². The molecule has 0 aliphatic carbocycles. The van der Waals surface area contributed by atoms with Crippen LogP contribution in [0.2, 0.25) is 0 Å². The van der Waals surface area contributed by atoms with E-state index in [1.54, 1.807) is 12.0 Å². The van der Waals surface area contributed by atoms with Crippen molar-refractivity contribution in [1.29, 1.82) is 0 Å². The molecule has 2 fully saturated rings. The van der Waals surface area contributed by atoms with E-state index in [1.807, 2.05) is 24.3 Å². The number of carbonyl (C=O) groups excluding carboxylic acids is 3. The lowest BCUT2D eigenvalue weighted by Gasteiger charge is -2.39. The molecular formula is C25H29N5O6. The number of hydrogen-bond donors (Lipinski definition) is 1. The number of piperazine rings is 2. The van der Waals surface area contributed by atoms with Gasteiger partial charge in [-0.25, -0.2) is 0 Å². The Morgan fingerprint density at radius 2 is 1.78 bits per heavy atom. The Bertz CT molecular complexity index is 1160. The third-order valence-electron chi connectivity index (χ3n) is 6.76. The Morgan fingerprint density at radius 3 is 2.42 bits per heavy atom. The lowest BCUT2D eigenvalue weighted by Crippen LogP contribution is -2.59. The van der Waals surface area contributed by atoms with Crippen LogP contribution in [0, 0.1) is 17.0 Å². The third-order valence-corrected chi connectivity index (χ3v) is 6.76. The molecule has 190 valence electrons. The van der Waals surface area contributed by atoms with Crippen molar-refractivity contribution < 1.29 is 24.0 Å². The number of nitro benzene ring substituents is 1. The molecule has 0 aromatic heterocycles. The summed E-state index contributed by atoms with van der Waals surface area (Å²) in [5, 5.41) is 14.0. The molecule has 1 N–H and O–H groups in total. The normalized spacial score (nSPS) is 18.0. The summed E-state index contributed by atoms with van der Waals surface area (Å²) >= 11 is 0. The SMILES string of the molecule is COc1ccc(N2CCN(C(=O)C[C@H]3C(=O)NCCN3C(=O)c3cccc([N+](=O)[O-])c3C)CC2)cc1. The summed E-state index contributed by atoms with van der Waals surface area (Å²) in [6.45, 7) is 4.26. The maximum Gasteiger partial charge on any atom is 0.273 e. The number of ether oxygens (including phenoxy) is 1. The maximum atomic E-state index is 13.3. The fourth-order valence-electron chi connectivity index (χ4n) is 4.67. The van der Waals surface area contributed by atoms with Crippen molar-refractivity contribution in [2.75, 3.05) is 51.3 Å². The average Bonchev–Trinajstić information content (AvgIpc) is 2.89. The van der Waals surface area contributed by atoms with Crippen LogP contribution >= 0.6 is 0 Å². The van der Waals surface area contributed by atoms with E-state index in [9.17, 15) is 24.5 Å². The molecule has 11 nitrogen and oxygen atoms in total. The van der Waals surface area contributed by atoms with Gasteiger partial charge in [0.05, 0.1) is 18.5 Å². The summed E-state index contributed by atoms with van der Waals surface area (Å²) in [5.41, 5.74) is 1.27. The van der Waals surface area contributed by atoms with Crippen molar-refractivity contribution in [1.82, 2.24) is 15.1 Å². The van der Waals surface area contributed by atoms with E-state index in [-0.39, 0.29) is 42.2 Å². The summed E-state index contributed by atoms with van der Waals surface area (Å²) in [7, 11) is 1.62. The average molecular weight is 496 g/mol. The van der Waals surface area contributed by atoms with E-state index in [4.69, 9.17) is 4.74 Å². The highest BCUT2D eigenvalue weighted by Gasteiger charge is 2.37. The molecule has 2 heterocycles. The van der Waals surface area contributed by atoms with Crippen LogP contribution in [0.5, 0.6) is 5.75 Å². The number of nitrogens with zero attached hydrogens (tertiary/aromatic N) is 4. The third kappa shape index (κ3) is 5.09. The van der Waals surface area contributed by atoms with Gasteiger partial charge >= 0.3 is 0 Å². The second kappa shape index (κ2) is 10.6. The van der Waals surface area contributed by atoms with Crippen LogP contribution in [0.1, 0.15) is 22.3 Å². The van der Waals surface area contributed by atoms with Gasteiger partial charge in [-0.2, -0.15) is 0 Å². The van der Waals surface area contributed by atoms with Gasteiger partial charge in [-0.05, 0) is 37.3 Å². The lowest BCUT2D eigenvalue weighted by atomic mass is 10.0. The van der Waals surface area contributed by atoms with Gasteiger partial charge in [0.1, 0.15) is 11.8 Å². The number of rotatable bonds is 6. The summed E-state index contributed by atoms with van der Waals surface area (Å²) in [6, 6.07) is 11.1. The first kappa shape index (κ1) is 25.0. The number of nitrogens with one attached hydrogen (secondary N) is 1. The van der Waals surface area contributed by atoms with E-state index in [2.05, 4.69) is 10.2 Å². The number of amides is 3. The van der Waals surface area contributed by atoms with Gasteiger partial charge < -0.3 is 24.8 Å². The minimum absolute atomic E-state index is 0.145. The zero-order valence-electron chi connectivity index (χ0n) is 20.3. The highest BCUT2D eigenvalue weighted by atomic mass is 16.6. The van der Waals surface area contributed by atoms with Gasteiger partial charge in [0.15, 0.2) is 0 Å². The predicted octanol–water partition coefficient (Wildman–Crippen LogP) is 1.59. The number of carbonyl (C=O) groups is 3. The largest absolute Gasteiger partial charge is 0.497 e. The topological polar surface area (TPSA) is 125 Å². The smallest absolute Gasteiger partial charge is 0.273 e. The van der Waals surface area contributed by atoms with E-state index >= 15 is 0 Å². The van der Waals surface area contributed by atoms with Crippen molar-refractivity contribution in [3.8, 4) is 5.75 Å². The number of benzene rings is 2.